The van der Waals surface area contributed by atoms with Crippen LogP contribution in [0.4, 0.5) is 0 Å². The molecule has 0 aliphatic rings. The van der Waals surface area contributed by atoms with E-state index in [1.807, 2.05) is 32.2 Å². The molecule has 0 radical (unpaired) electrons. The van der Waals surface area contributed by atoms with Crippen LogP contribution in [0.25, 0.3) is 11.0 Å². The van der Waals surface area contributed by atoms with E-state index >= 15 is 0 Å². The summed E-state index contributed by atoms with van der Waals surface area (Å²) in [5, 5.41) is 0. The van der Waals surface area contributed by atoms with Crippen LogP contribution >= 0.6 is 0 Å². The van der Waals surface area contributed by atoms with Crippen LogP contribution in [0.1, 0.15) is 39.7 Å². The van der Waals surface area contributed by atoms with E-state index in [-0.39, 0.29) is 0 Å². The van der Waals surface area contributed by atoms with Crippen LogP contribution in [0, 0.1) is 0 Å². The van der Waals surface area contributed by atoms with Crippen LogP contribution in [0.15, 0.2) is 24.5 Å². The van der Waals surface area contributed by atoms with E-state index in [1.165, 1.54) is 12.0 Å². The molecule has 0 aliphatic carbocycles. The minimum Gasteiger partial charge on any atom is -0.360 e. The number of hydrogen-bond donors (Lipinski definition) is 2. The van der Waals surface area contributed by atoms with Gasteiger partial charge in [-0.05, 0) is 30.7 Å². The molecule has 0 fully saturated rings. The van der Waals surface area contributed by atoms with Gasteiger partial charge in [-0.15, -0.1) is 0 Å². The maximum Gasteiger partial charge on any atom is 0.0911 e. The molecule has 96 valence electrons. The van der Waals surface area contributed by atoms with Gasteiger partial charge in [0.15, 0.2) is 0 Å². The molecule has 0 aliphatic heterocycles. The minimum atomic E-state index is 0.670. The zero-order chi connectivity index (χ0) is 13.1. The molecular formula is C14H25N3. The monoisotopic (exact) mass is 235 g/mol. The Morgan fingerprint density at radius 3 is 2.53 bits per heavy atom. The number of rotatable bonds is 2. The fourth-order valence-corrected chi connectivity index (χ4v) is 1.36. The Bertz CT molecular complexity index is 393. The standard InChI is InChI=1S/C9H11N3.C3H8.C2H6/c10-4-3-7-6-12-8-2-1-5-11-9(7)8;1-3-2;1-2/h1-2,5-6,12H,3-4,10H2;3H2,1-2H3;1-2H3. The van der Waals surface area contributed by atoms with Gasteiger partial charge in [0.2, 0.25) is 0 Å². The van der Waals surface area contributed by atoms with Crippen molar-refractivity contribution in [3.63, 3.8) is 0 Å². The first kappa shape index (κ1) is 15.7. The first-order valence-corrected chi connectivity index (χ1v) is 6.44. The molecule has 2 aromatic rings. The topological polar surface area (TPSA) is 54.7 Å². The van der Waals surface area contributed by atoms with Gasteiger partial charge in [-0.1, -0.05) is 34.1 Å². The lowest BCUT2D eigenvalue weighted by molar-refractivity contribution is 0.973. The molecule has 17 heavy (non-hydrogen) atoms. The fraction of sp³-hybridized carbons (Fsp3) is 0.500. The number of fused-ring (bicyclic) bond motifs is 1. The summed E-state index contributed by atoms with van der Waals surface area (Å²) in [6.07, 6.45) is 5.91. The predicted octanol–water partition coefficient (Wildman–Crippen LogP) is 3.51. The highest BCUT2D eigenvalue weighted by Gasteiger charge is 2.01. The molecule has 2 aromatic heterocycles. The molecule has 0 saturated heterocycles. The summed E-state index contributed by atoms with van der Waals surface area (Å²) in [5.74, 6) is 0. The van der Waals surface area contributed by atoms with Gasteiger partial charge in [0.05, 0.1) is 11.0 Å². The zero-order valence-electron chi connectivity index (χ0n) is 11.5. The SMILES string of the molecule is CC.CCC.NCCc1c[nH]c2cccnc12. The maximum atomic E-state index is 5.47. The summed E-state index contributed by atoms with van der Waals surface area (Å²) in [6, 6.07) is 3.94. The van der Waals surface area contributed by atoms with Crippen molar-refractivity contribution < 1.29 is 0 Å². The third-order valence-electron chi connectivity index (χ3n) is 1.93. The second-order valence-electron chi connectivity index (χ2n) is 3.46. The first-order chi connectivity index (χ1) is 8.33. The first-order valence-electron chi connectivity index (χ1n) is 6.44. The highest BCUT2D eigenvalue weighted by Crippen LogP contribution is 2.14. The van der Waals surface area contributed by atoms with E-state index in [1.54, 1.807) is 6.20 Å². The average molecular weight is 235 g/mol. The Kier molecular flexibility index (Phi) is 9.06. The fourth-order valence-electron chi connectivity index (χ4n) is 1.36. The summed E-state index contributed by atoms with van der Waals surface area (Å²) >= 11 is 0. The molecule has 3 nitrogen and oxygen atoms in total. The van der Waals surface area contributed by atoms with Crippen LogP contribution in [0.5, 0.6) is 0 Å². The third-order valence-corrected chi connectivity index (χ3v) is 1.93. The predicted molar refractivity (Wildman–Crippen MR) is 76.2 cm³/mol. The Labute approximate surface area is 104 Å². The summed E-state index contributed by atoms with van der Waals surface area (Å²) in [4.78, 5) is 7.43. The van der Waals surface area contributed by atoms with Crippen LogP contribution in [0.2, 0.25) is 0 Å². The molecule has 0 unspecified atom stereocenters. The van der Waals surface area contributed by atoms with Crippen molar-refractivity contribution in [1.82, 2.24) is 9.97 Å². The molecule has 0 amide bonds. The summed E-state index contributed by atoms with van der Waals surface area (Å²) < 4.78 is 0. The van der Waals surface area contributed by atoms with Crippen molar-refractivity contribution in [2.75, 3.05) is 6.54 Å². The van der Waals surface area contributed by atoms with E-state index in [2.05, 4.69) is 23.8 Å². The van der Waals surface area contributed by atoms with Gasteiger partial charge in [-0.3, -0.25) is 4.98 Å². The van der Waals surface area contributed by atoms with Crippen LogP contribution < -0.4 is 5.73 Å². The van der Waals surface area contributed by atoms with E-state index in [9.17, 15) is 0 Å². The van der Waals surface area contributed by atoms with E-state index in [0.29, 0.717) is 6.54 Å². The van der Waals surface area contributed by atoms with Crippen molar-refractivity contribution in [3.05, 3.63) is 30.1 Å². The third kappa shape index (κ3) is 5.00. The molecular weight excluding hydrogens is 210 g/mol. The lowest BCUT2D eigenvalue weighted by atomic mass is 10.2. The van der Waals surface area contributed by atoms with E-state index in [4.69, 9.17) is 5.73 Å². The zero-order valence-corrected chi connectivity index (χ0v) is 11.5. The van der Waals surface area contributed by atoms with Gasteiger partial charge < -0.3 is 10.7 Å². The second-order valence-corrected chi connectivity index (χ2v) is 3.46. The Hall–Kier alpha value is -1.35. The second kappa shape index (κ2) is 9.85. The van der Waals surface area contributed by atoms with Crippen LogP contribution in [0.3, 0.4) is 0 Å². The molecule has 0 spiro atoms. The Morgan fingerprint density at radius 1 is 1.29 bits per heavy atom. The average Bonchev–Trinajstić information content (AvgIpc) is 2.77. The summed E-state index contributed by atoms with van der Waals surface area (Å²) in [6.45, 7) is 8.92. The number of nitrogens with two attached hydrogens (primary N) is 1. The largest absolute Gasteiger partial charge is 0.360 e. The molecule has 0 atom stereocenters. The Morgan fingerprint density at radius 2 is 1.94 bits per heavy atom. The normalized spacial score (nSPS) is 9.00. The number of pyridine rings is 1. The molecule has 0 saturated carbocycles. The number of aromatic nitrogens is 2. The highest BCUT2D eigenvalue weighted by molar-refractivity contribution is 5.78. The lowest BCUT2D eigenvalue weighted by Gasteiger charge is -1.92. The van der Waals surface area contributed by atoms with Gasteiger partial charge in [-0.2, -0.15) is 0 Å². The quantitative estimate of drug-likeness (QED) is 0.837. The van der Waals surface area contributed by atoms with E-state index < -0.39 is 0 Å². The molecule has 2 heterocycles. The molecule has 0 bridgehead atoms. The van der Waals surface area contributed by atoms with Crippen molar-refractivity contribution in [3.8, 4) is 0 Å². The van der Waals surface area contributed by atoms with Gasteiger partial charge in [-0.25, -0.2) is 0 Å². The number of nitrogens with zero attached hydrogens (tertiary/aromatic N) is 1. The summed E-state index contributed by atoms with van der Waals surface area (Å²) in [7, 11) is 0. The van der Waals surface area contributed by atoms with Crippen molar-refractivity contribution >= 4 is 11.0 Å². The molecule has 3 heteroatoms. The number of aromatic amines is 1. The highest BCUT2D eigenvalue weighted by atomic mass is 14.8. The minimum absolute atomic E-state index is 0.670. The van der Waals surface area contributed by atoms with Crippen molar-refractivity contribution in [2.45, 2.75) is 40.5 Å². The number of H-pyrrole nitrogens is 1. The number of nitrogens with one attached hydrogen (secondary N) is 1. The van der Waals surface area contributed by atoms with Crippen molar-refractivity contribution in [1.29, 1.82) is 0 Å². The van der Waals surface area contributed by atoms with Crippen LogP contribution in [-0.4, -0.2) is 16.5 Å². The lowest BCUT2D eigenvalue weighted by Crippen LogP contribution is -2.02. The van der Waals surface area contributed by atoms with Gasteiger partial charge in [0.1, 0.15) is 0 Å². The summed E-state index contributed by atoms with van der Waals surface area (Å²) in [5.41, 5.74) is 8.80. The van der Waals surface area contributed by atoms with Gasteiger partial charge >= 0.3 is 0 Å². The van der Waals surface area contributed by atoms with Gasteiger partial charge in [0.25, 0.3) is 0 Å². The smallest absolute Gasteiger partial charge is 0.0911 e. The number of hydrogen-bond acceptors (Lipinski definition) is 2. The van der Waals surface area contributed by atoms with Crippen LogP contribution in [-0.2, 0) is 6.42 Å². The molecule has 2 rings (SSSR count). The Balaban J connectivity index is 0.000000450. The molecule has 3 N–H and O–H groups in total. The maximum absolute atomic E-state index is 5.47. The van der Waals surface area contributed by atoms with Crippen molar-refractivity contribution in [2.24, 2.45) is 5.73 Å². The van der Waals surface area contributed by atoms with Gasteiger partial charge in [0, 0.05) is 12.4 Å². The molecule has 0 aromatic carbocycles. The van der Waals surface area contributed by atoms with E-state index in [0.717, 1.165) is 17.5 Å².